The average molecular weight is 149 g/mol. The molecule has 0 bridgehead atoms. The molecule has 4 nitrogen and oxygen atoms in total. The first-order valence-electron chi connectivity index (χ1n) is 3.27. The second-order valence-corrected chi connectivity index (χ2v) is 2.39. The smallest absolute Gasteiger partial charge is 0.152 e. The molecule has 0 fully saturated rings. The lowest BCUT2D eigenvalue weighted by Crippen LogP contribution is -1.88. The van der Waals surface area contributed by atoms with Gasteiger partial charge in [0.2, 0.25) is 0 Å². The summed E-state index contributed by atoms with van der Waals surface area (Å²) in [6.45, 7) is 0. The van der Waals surface area contributed by atoms with Crippen LogP contribution in [-0.4, -0.2) is 21.1 Å². The van der Waals surface area contributed by atoms with E-state index in [2.05, 4.69) is 10.1 Å². The molecule has 0 aliphatic carbocycles. The Labute approximate surface area is 62.8 Å². The van der Waals surface area contributed by atoms with E-state index >= 15 is 0 Å². The van der Waals surface area contributed by atoms with Gasteiger partial charge in [0.25, 0.3) is 0 Å². The summed E-state index contributed by atoms with van der Waals surface area (Å²) in [7, 11) is 1.83. The van der Waals surface area contributed by atoms with Gasteiger partial charge in [-0.05, 0) is 0 Å². The number of carbonyl (C=O) groups excluding carboxylic acids is 1. The summed E-state index contributed by atoms with van der Waals surface area (Å²) in [6.07, 6.45) is 4.18. The largest absolute Gasteiger partial charge is 0.346 e. The molecule has 0 spiro atoms. The van der Waals surface area contributed by atoms with Crippen molar-refractivity contribution >= 4 is 17.3 Å². The minimum absolute atomic E-state index is 0.660. The number of hydrogen-bond donors (Lipinski definition) is 1. The van der Waals surface area contributed by atoms with Crippen molar-refractivity contribution in [3.63, 3.8) is 0 Å². The zero-order chi connectivity index (χ0) is 7.84. The number of aldehydes is 1. The molecular formula is C7H7N3O. The first-order valence-corrected chi connectivity index (χ1v) is 3.27. The van der Waals surface area contributed by atoms with Crippen LogP contribution in [0.4, 0.5) is 0 Å². The van der Waals surface area contributed by atoms with Crippen LogP contribution in [0.2, 0.25) is 0 Å². The summed E-state index contributed by atoms with van der Waals surface area (Å²) in [4.78, 5) is 13.4. The molecule has 0 atom stereocenters. The highest BCUT2D eigenvalue weighted by atomic mass is 16.1. The highest BCUT2D eigenvalue weighted by Crippen LogP contribution is 2.14. The first kappa shape index (κ1) is 6.15. The van der Waals surface area contributed by atoms with Crippen LogP contribution in [0.15, 0.2) is 12.4 Å². The van der Waals surface area contributed by atoms with Crippen molar-refractivity contribution in [2.24, 2.45) is 7.05 Å². The van der Waals surface area contributed by atoms with Gasteiger partial charge in [0.15, 0.2) is 6.29 Å². The van der Waals surface area contributed by atoms with E-state index in [0.717, 1.165) is 17.3 Å². The van der Waals surface area contributed by atoms with Gasteiger partial charge < -0.3 is 4.98 Å². The molecule has 0 aliphatic heterocycles. The van der Waals surface area contributed by atoms with Crippen molar-refractivity contribution in [1.29, 1.82) is 0 Å². The summed E-state index contributed by atoms with van der Waals surface area (Å²) in [6, 6.07) is 0. The lowest BCUT2D eigenvalue weighted by Gasteiger charge is -1.84. The molecule has 0 amide bonds. The van der Waals surface area contributed by atoms with Gasteiger partial charge in [-0.25, -0.2) is 0 Å². The van der Waals surface area contributed by atoms with Crippen LogP contribution in [-0.2, 0) is 7.05 Å². The molecule has 2 aromatic rings. The molecule has 0 saturated heterocycles. The lowest BCUT2D eigenvalue weighted by molar-refractivity contribution is 0.112. The third-order valence-corrected chi connectivity index (χ3v) is 1.74. The molecule has 2 heterocycles. The quantitative estimate of drug-likeness (QED) is 0.607. The van der Waals surface area contributed by atoms with E-state index in [1.54, 1.807) is 17.1 Å². The number of rotatable bonds is 1. The summed E-state index contributed by atoms with van der Waals surface area (Å²) in [5.41, 5.74) is 1.54. The maximum absolute atomic E-state index is 10.4. The Morgan fingerprint density at radius 3 is 3.27 bits per heavy atom. The SMILES string of the molecule is Cn1ncc2c(C=O)c[nH]c21. The highest BCUT2D eigenvalue weighted by molar-refractivity contribution is 5.95. The van der Waals surface area contributed by atoms with Crippen molar-refractivity contribution in [2.75, 3.05) is 0 Å². The van der Waals surface area contributed by atoms with Gasteiger partial charge in [-0.15, -0.1) is 0 Å². The van der Waals surface area contributed by atoms with Crippen LogP contribution in [0.3, 0.4) is 0 Å². The summed E-state index contributed by atoms with van der Waals surface area (Å²) in [5.74, 6) is 0. The third kappa shape index (κ3) is 0.690. The predicted molar refractivity (Wildman–Crippen MR) is 40.5 cm³/mol. The Bertz CT molecular complexity index is 399. The van der Waals surface area contributed by atoms with Crippen LogP contribution in [0.25, 0.3) is 11.0 Å². The van der Waals surface area contributed by atoms with Crippen LogP contribution < -0.4 is 0 Å². The zero-order valence-corrected chi connectivity index (χ0v) is 6.03. The van der Waals surface area contributed by atoms with Crippen LogP contribution >= 0.6 is 0 Å². The van der Waals surface area contributed by atoms with Gasteiger partial charge >= 0.3 is 0 Å². The third-order valence-electron chi connectivity index (χ3n) is 1.74. The molecule has 0 aliphatic rings. The fraction of sp³-hybridized carbons (Fsp3) is 0.143. The molecule has 2 aromatic heterocycles. The van der Waals surface area contributed by atoms with Crippen LogP contribution in [0.1, 0.15) is 10.4 Å². The van der Waals surface area contributed by atoms with Gasteiger partial charge in [0, 0.05) is 24.2 Å². The van der Waals surface area contributed by atoms with E-state index in [4.69, 9.17) is 0 Å². The molecular weight excluding hydrogens is 142 g/mol. The van der Waals surface area contributed by atoms with Crippen LogP contribution in [0.5, 0.6) is 0 Å². The molecule has 0 saturated carbocycles. The fourth-order valence-corrected chi connectivity index (χ4v) is 1.14. The topological polar surface area (TPSA) is 50.7 Å². The van der Waals surface area contributed by atoms with E-state index in [1.807, 2.05) is 7.05 Å². The molecule has 1 N–H and O–H groups in total. The van der Waals surface area contributed by atoms with Crippen molar-refractivity contribution in [1.82, 2.24) is 14.8 Å². The highest BCUT2D eigenvalue weighted by Gasteiger charge is 2.04. The lowest BCUT2D eigenvalue weighted by atomic mass is 10.3. The zero-order valence-electron chi connectivity index (χ0n) is 6.03. The molecule has 0 radical (unpaired) electrons. The second-order valence-electron chi connectivity index (χ2n) is 2.39. The maximum atomic E-state index is 10.4. The fourth-order valence-electron chi connectivity index (χ4n) is 1.14. The van der Waals surface area contributed by atoms with Gasteiger partial charge in [0.05, 0.1) is 6.20 Å². The molecule has 0 unspecified atom stereocenters. The van der Waals surface area contributed by atoms with Gasteiger partial charge in [-0.2, -0.15) is 5.10 Å². The predicted octanol–water partition coefficient (Wildman–Crippen LogP) is 0.714. The number of carbonyl (C=O) groups is 1. The monoisotopic (exact) mass is 149 g/mol. The maximum Gasteiger partial charge on any atom is 0.152 e. The van der Waals surface area contributed by atoms with Crippen molar-refractivity contribution in [3.8, 4) is 0 Å². The second kappa shape index (κ2) is 1.95. The Balaban J connectivity index is 2.87. The standard InChI is InChI=1S/C7H7N3O/c1-10-7-6(3-9-10)5(4-11)2-8-7/h2-4,8H,1H3. The number of aromatic amines is 1. The number of H-pyrrole nitrogens is 1. The van der Waals surface area contributed by atoms with Gasteiger partial charge in [-0.3, -0.25) is 9.48 Å². The number of nitrogens with zero attached hydrogens (tertiary/aromatic N) is 2. The molecule has 0 aromatic carbocycles. The Kier molecular flexibility index (Phi) is 1.09. The van der Waals surface area contributed by atoms with Gasteiger partial charge in [-0.1, -0.05) is 0 Å². The summed E-state index contributed by atoms with van der Waals surface area (Å²) >= 11 is 0. The first-order chi connectivity index (χ1) is 5.33. The minimum Gasteiger partial charge on any atom is -0.346 e. The van der Waals surface area contributed by atoms with Crippen molar-refractivity contribution in [3.05, 3.63) is 18.0 Å². The Morgan fingerprint density at radius 2 is 2.55 bits per heavy atom. The van der Waals surface area contributed by atoms with Crippen molar-refractivity contribution in [2.45, 2.75) is 0 Å². The molecule has 4 heteroatoms. The van der Waals surface area contributed by atoms with Crippen molar-refractivity contribution < 1.29 is 4.79 Å². The number of aryl methyl sites for hydroxylation is 1. The number of aromatic nitrogens is 3. The van der Waals surface area contributed by atoms with Gasteiger partial charge in [0.1, 0.15) is 5.65 Å². The number of hydrogen-bond acceptors (Lipinski definition) is 2. The summed E-state index contributed by atoms with van der Waals surface area (Å²) in [5, 5.41) is 4.87. The van der Waals surface area contributed by atoms with Crippen LogP contribution in [0, 0.1) is 0 Å². The molecule has 2 rings (SSSR count). The van der Waals surface area contributed by atoms with E-state index in [0.29, 0.717) is 5.56 Å². The average Bonchev–Trinajstić information content (AvgIpc) is 2.53. The number of nitrogens with one attached hydrogen (secondary N) is 1. The van der Waals surface area contributed by atoms with E-state index in [1.165, 1.54) is 0 Å². The van der Waals surface area contributed by atoms with E-state index in [-0.39, 0.29) is 0 Å². The Hall–Kier alpha value is -1.58. The van der Waals surface area contributed by atoms with E-state index in [9.17, 15) is 4.79 Å². The van der Waals surface area contributed by atoms with E-state index < -0.39 is 0 Å². The Morgan fingerprint density at radius 1 is 1.73 bits per heavy atom. The summed E-state index contributed by atoms with van der Waals surface area (Å²) < 4.78 is 1.70. The molecule has 56 valence electrons. The normalized spacial score (nSPS) is 10.6. The minimum atomic E-state index is 0.660. The molecule has 11 heavy (non-hydrogen) atoms. The number of fused-ring (bicyclic) bond motifs is 1.